The molecule has 1 aliphatic carbocycles. The molecule has 1 atom stereocenters. The van der Waals surface area contributed by atoms with Crippen LogP contribution in [0.15, 0.2) is 0 Å². The largest absolute Gasteiger partial charge is 0.444 e. The lowest BCUT2D eigenvalue weighted by Crippen LogP contribution is -2.47. The van der Waals surface area contributed by atoms with Crippen LogP contribution in [-0.2, 0) is 4.84 Å². The van der Waals surface area contributed by atoms with Crippen molar-refractivity contribution in [3.8, 4) is 0 Å². The van der Waals surface area contributed by atoms with E-state index in [1.165, 1.54) is 0 Å². The van der Waals surface area contributed by atoms with Gasteiger partial charge in [-0.3, -0.25) is 4.84 Å². The van der Waals surface area contributed by atoms with Gasteiger partial charge < -0.3 is 5.11 Å². The fourth-order valence-corrected chi connectivity index (χ4v) is 1.76. The van der Waals surface area contributed by atoms with Crippen molar-refractivity contribution < 1.29 is 23.1 Å². The highest BCUT2D eigenvalue weighted by Gasteiger charge is 2.65. The molecule has 1 saturated heterocycles. The number of hydroxylamine groups is 1. The zero-order valence-corrected chi connectivity index (χ0v) is 6.82. The molecule has 76 valence electrons. The highest BCUT2D eigenvalue weighted by atomic mass is 19.4. The first-order valence-corrected chi connectivity index (χ1v) is 4.11. The third-order valence-electron chi connectivity index (χ3n) is 2.77. The molecular formula is C7H10F3NO2. The van der Waals surface area contributed by atoms with Gasteiger partial charge in [0, 0.05) is 12.0 Å². The van der Waals surface area contributed by atoms with Gasteiger partial charge in [-0.05, 0) is 19.3 Å². The van der Waals surface area contributed by atoms with Crippen molar-refractivity contribution in [3.05, 3.63) is 0 Å². The van der Waals surface area contributed by atoms with Crippen LogP contribution in [-0.4, -0.2) is 22.6 Å². The zero-order valence-electron chi connectivity index (χ0n) is 6.82. The highest BCUT2D eigenvalue weighted by Crippen LogP contribution is 2.48. The predicted octanol–water partition coefficient (Wildman–Crippen LogP) is 1.08. The van der Waals surface area contributed by atoms with Gasteiger partial charge >= 0.3 is 6.18 Å². The molecule has 2 aliphatic rings. The Bertz CT molecular complexity index is 226. The first-order chi connectivity index (χ1) is 5.87. The van der Waals surface area contributed by atoms with Gasteiger partial charge in [-0.15, -0.1) is 0 Å². The minimum Gasteiger partial charge on any atom is -0.357 e. The number of rotatable bonds is 0. The van der Waals surface area contributed by atoms with E-state index in [0.29, 0.717) is 12.8 Å². The van der Waals surface area contributed by atoms with Gasteiger partial charge in [-0.2, -0.15) is 18.7 Å². The second kappa shape index (κ2) is 2.37. The fourth-order valence-electron chi connectivity index (χ4n) is 1.76. The van der Waals surface area contributed by atoms with Gasteiger partial charge in [0.05, 0.1) is 0 Å². The average molecular weight is 197 g/mol. The van der Waals surface area contributed by atoms with Crippen molar-refractivity contribution in [2.75, 3.05) is 0 Å². The van der Waals surface area contributed by atoms with E-state index in [1.54, 1.807) is 0 Å². The minimum absolute atomic E-state index is 0.399. The second-order valence-electron chi connectivity index (χ2n) is 3.80. The topological polar surface area (TPSA) is 41.5 Å². The normalized spacial score (nSPS) is 37.8. The summed E-state index contributed by atoms with van der Waals surface area (Å²) in [5.41, 5.74) is 1.66. The molecule has 0 amide bonds. The van der Waals surface area contributed by atoms with Gasteiger partial charge in [0.25, 0.3) is 5.79 Å². The molecule has 1 unspecified atom stereocenters. The Morgan fingerprint density at radius 1 is 1.31 bits per heavy atom. The maximum Gasteiger partial charge on any atom is 0.444 e. The summed E-state index contributed by atoms with van der Waals surface area (Å²) in [6, 6.07) is 0. The summed E-state index contributed by atoms with van der Waals surface area (Å²) in [5.74, 6) is -2.99. The molecule has 0 aromatic heterocycles. The van der Waals surface area contributed by atoms with Gasteiger partial charge in [-0.25, -0.2) is 0 Å². The van der Waals surface area contributed by atoms with Crippen LogP contribution in [0.1, 0.15) is 25.7 Å². The Labute approximate surface area is 72.8 Å². The van der Waals surface area contributed by atoms with Crippen molar-refractivity contribution in [1.29, 1.82) is 0 Å². The van der Waals surface area contributed by atoms with E-state index in [2.05, 4.69) is 10.3 Å². The highest BCUT2D eigenvalue weighted by molar-refractivity contribution is 5.03. The van der Waals surface area contributed by atoms with E-state index >= 15 is 0 Å². The summed E-state index contributed by atoms with van der Waals surface area (Å²) in [4.78, 5) is 4.24. The molecule has 1 saturated carbocycles. The number of aliphatic hydroxyl groups is 1. The van der Waals surface area contributed by atoms with E-state index in [-0.39, 0.29) is 0 Å². The van der Waals surface area contributed by atoms with E-state index in [9.17, 15) is 13.2 Å². The van der Waals surface area contributed by atoms with Crippen LogP contribution in [0.2, 0.25) is 0 Å². The maximum absolute atomic E-state index is 12.2. The molecule has 3 nitrogen and oxygen atoms in total. The summed E-state index contributed by atoms with van der Waals surface area (Å²) >= 11 is 0. The van der Waals surface area contributed by atoms with Crippen molar-refractivity contribution >= 4 is 0 Å². The fraction of sp³-hybridized carbons (Fsp3) is 1.00. The second-order valence-corrected chi connectivity index (χ2v) is 3.80. The number of alkyl halides is 3. The summed E-state index contributed by atoms with van der Waals surface area (Å²) in [6.07, 6.45) is -2.98. The molecular weight excluding hydrogens is 187 g/mol. The summed E-state index contributed by atoms with van der Waals surface area (Å²) in [6.45, 7) is 0. The van der Waals surface area contributed by atoms with E-state index in [1.807, 2.05) is 0 Å². The van der Waals surface area contributed by atoms with Crippen LogP contribution >= 0.6 is 0 Å². The molecule has 13 heavy (non-hydrogen) atoms. The SMILES string of the molecule is OC1(C(F)(F)F)CC2(CCC2)NO1. The lowest BCUT2D eigenvalue weighted by atomic mass is 9.74. The Hall–Kier alpha value is -0.330. The summed E-state index contributed by atoms with van der Waals surface area (Å²) in [5, 5.41) is 9.12. The number of hydrogen-bond acceptors (Lipinski definition) is 3. The average Bonchev–Trinajstić information content (AvgIpc) is 2.26. The molecule has 0 bridgehead atoms. The van der Waals surface area contributed by atoms with Crippen LogP contribution in [0.5, 0.6) is 0 Å². The number of halogens is 3. The lowest BCUT2D eigenvalue weighted by molar-refractivity contribution is -0.361. The van der Waals surface area contributed by atoms with Crippen LogP contribution in [0.25, 0.3) is 0 Å². The van der Waals surface area contributed by atoms with E-state index < -0.39 is 23.9 Å². The molecule has 2 N–H and O–H groups in total. The predicted molar refractivity (Wildman–Crippen MR) is 36.4 cm³/mol. The Morgan fingerprint density at radius 3 is 2.15 bits per heavy atom. The molecule has 1 spiro atoms. The molecule has 2 fully saturated rings. The minimum atomic E-state index is -4.72. The van der Waals surface area contributed by atoms with Crippen LogP contribution in [0.4, 0.5) is 13.2 Å². The first-order valence-electron chi connectivity index (χ1n) is 4.11. The Kier molecular flexibility index (Phi) is 1.68. The molecule has 0 aromatic rings. The summed E-state index contributed by atoms with van der Waals surface area (Å²) < 4.78 is 36.7. The number of nitrogens with one attached hydrogen (secondary N) is 1. The molecule has 0 aromatic carbocycles. The van der Waals surface area contributed by atoms with Crippen molar-refractivity contribution in [2.45, 2.75) is 43.2 Å². The summed E-state index contributed by atoms with van der Waals surface area (Å²) in [7, 11) is 0. The Morgan fingerprint density at radius 2 is 1.92 bits per heavy atom. The van der Waals surface area contributed by atoms with Crippen molar-refractivity contribution in [3.63, 3.8) is 0 Å². The molecule has 1 aliphatic heterocycles. The van der Waals surface area contributed by atoms with Gasteiger partial charge in [0.1, 0.15) is 0 Å². The molecule has 1 heterocycles. The first kappa shape index (κ1) is 9.23. The van der Waals surface area contributed by atoms with Crippen molar-refractivity contribution in [2.24, 2.45) is 0 Å². The Balaban J connectivity index is 2.12. The van der Waals surface area contributed by atoms with Gasteiger partial charge in [0.2, 0.25) is 0 Å². The molecule has 2 rings (SSSR count). The monoisotopic (exact) mass is 197 g/mol. The van der Waals surface area contributed by atoms with Gasteiger partial charge in [-0.1, -0.05) is 0 Å². The standard InChI is InChI=1S/C7H10F3NO2/c8-7(9,10)6(12)4-5(11-13-6)2-1-3-5/h11-12H,1-4H2. The molecule has 0 radical (unpaired) electrons. The van der Waals surface area contributed by atoms with Gasteiger partial charge in [0.15, 0.2) is 0 Å². The maximum atomic E-state index is 12.2. The van der Waals surface area contributed by atoms with E-state index in [0.717, 1.165) is 6.42 Å². The van der Waals surface area contributed by atoms with Crippen molar-refractivity contribution in [1.82, 2.24) is 5.48 Å². The number of hydrogen-bond donors (Lipinski definition) is 2. The van der Waals surface area contributed by atoms with Crippen LogP contribution < -0.4 is 5.48 Å². The quantitative estimate of drug-likeness (QED) is 0.610. The lowest BCUT2D eigenvalue weighted by Gasteiger charge is -2.36. The van der Waals surface area contributed by atoms with E-state index in [4.69, 9.17) is 5.11 Å². The molecule has 6 heteroatoms. The van der Waals surface area contributed by atoms with Crippen LogP contribution in [0, 0.1) is 0 Å². The third kappa shape index (κ3) is 1.24. The zero-order chi connectivity index (χ0) is 9.74. The smallest absolute Gasteiger partial charge is 0.357 e. The third-order valence-corrected chi connectivity index (χ3v) is 2.77. The van der Waals surface area contributed by atoms with Crippen LogP contribution in [0.3, 0.4) is 0 Å².